The van der Waals surface area contributed by atoms with E-state index in [4.69, 9.17) is 27.3 Å². The monoisotopic (exact) mass is 237 g/mol. The van der Waals surface area contributed by atoms with Crippen molar-refractivity contribution in [1.29, 1.82) is 5.26 Å². The third-order valence-electron chi connectivity index (χ3n) is 1.90. The Labute approximate surface area is 98.6 Å². The van der Waals surface area contributed by atoms with Crippen molar-refractivity contribution < 1.29 is 9.53 Å². The number of ether oxygens (including phenoxy) is 1. The topological polar surface area (TPSA) is 76.1 Å². The molecule has 16 heavy (non-hydrogen) atoms. The molecule has 4 nitrogen and oxygen atoms in total. The fraction of sp³-hybridized carbons (Fsp3) is 0.182. The predicted molar refractivity (Wildman–Crippen MR) is 59.5 cm³/mol. The van der Waals surface area contributed by atoms with Gasteiger partial charge in [-0.1, -0.05) is 23.7 Å². The van der Waals surface area contributed by atoms with Crippen molar-refractivity contribution in [3.63, 3.8) is 0 Å². The average molecular weight is 238 g/mol. The molecule has 0 heterocycles. The van der Waals surface area contributed by atoms with Crippen LogP contribution in [-0.2, 0) is 11.3 Å². The Morgan fingerprint density at radius 2 is 2.38 bits per heavy atom. The van der Waals surface area contributed by atoms with Crippen molar-refractivity contribution in [2.45, 2.75) is 6.61 Å². The molecular formula is C11H10ClN2O2. The zero-order valence-corrected chi connectivity index (χ0v) is 9.20. The van der Waals surface area contributed by atoms with Gasteiger partial charge in [0, 0.05) is 0 Å². The molecule has 0 saturated carbocycles. The first-order valence-corrected chi connectivity index (χ1v) is 4.91. The molecule has 1 aromatic carbocycles. The summed E-state index contributed by atoms with van der Waals surface area (Å²) in [7, 11) is 0. The first-order valence-electron chi connectivity index (χ1n) is 4.53. The highest BCUT2D eigenvalue weighted by Crippen LogP contribution is 2.20. The summed E-state index contributed by atoms with van der Waals surface area (Å²) in [6.45, 7) is 0.387. The summed E-state index contributed by atoms with van der Waals surface area (Å²) in [5.74, 6) is -0.589. The third kappa shape index (κ3) is 3.23. The highest BCUT2D eigenvalue weighted by molar-refractivity contribution is 6.34. The Hall–Kier alpha value is -1.57. The molecule has 0 spiro atoms. The molecule has 0 aliphatic rings. The largest absolute Gasteiger partial charge is 0.375 e. The summed E-state index contributed by atoms with van der Waals surface area (Å²) in [5, 5.41) is 8.57. The summed E-state index contributed by atoms with van der Waals surface area (Å²) in [6.07, 6.45) is 1.31. The summed E-state index contributed by atoms with van der Waals surface area (Å²) in [5.41, 5.74) is 6.09. The molecule has 1 amide bonds. The second kappa shape index (κ2) is 6.11. The fourth-order valence-corrected chi connectivity index (χ4v) is 1.52. The lowest BCUT2D eigenvalue weighted by Gasteiger charge is -2.08. The van der Waals surface area contributed by atoms with Gasteiger partial charge in [0.05, 0.1) is 36.3 Å². The molecule has 1 radical (unpaired) electrons. The van der Waals surface area contributed by atoms with Gasteiger partial charge in [-0.15, -0.1) is 0 Å². The van der Waals surface area contributed by atoms with Crippen LogP contribution in [0.5, 0.6) is 0 Å². The van der Waals surface area contributed by atoms with Gasteiger partial charge in [-0.05, 0) is 11.6 Å². The van der Waals surface area contributed by atoms with Crippen molar-refractivity contribution in [3.05, 3.63) is 40.8 Å². The van der Waals surface area contributed by atoms with Crippen molar-refractivity contribution in [1.82, 2.24) is 0 Å². The molecule has 83 valence electrons. The molecule has 0 aliphatic heterocycles. The number of nitrogens with two attached hydrogens (primary N) is 1. The molecule has 0 fully saturated rings. The number of carbonyl (C=O) groups excluding carboxylic acids is 1. The standard InChI is InChI=1S/C11H10ClN2O2/c12-9-4-1-3-8(10(9)11(14)15)7-16-6-2-5-13/h1-4H,6-7H2,(H2,14,15). The molecule has 0 atom stereocenters. The van der Waals surface area contributed by atoms with Gasteiger partial charge in [0.1, 0.15) is 0 Å². The van der Waals surface area contributed by atoms with E-state index >= 15 is 0 Å². The molecule has 2 N–H and O–H groups in total. The van der Waals surface area contributed by atoms with E-state index in [0.717, 1.165) is 0 Å². The fourth-order valence-electron chi connectivity index (χ4n) is 1.23. The smallest absolute Gasteiger partial charge is 0.250 e. The van der Waals surface area contributed by atoms with Crippen LogP contribution in [-0.4, -0.2) is 12.5 Å². The molecule has 0 aliphatic carbocycles. The van der Waals surface area contributed by atoms with Gasteiger partial charge in [-0.25, -0.2) is 0 Å². The number of nitrogens with zero attached hydrogens (tertiary/aromatic N) is 1. The van der Waals surface area contributed by atoms with E-state index in [1.165, 1.54) is 6.42 Å². The normalized spacial score (nSPS) is 9.75. The van der Waals surface area contributed by atoms with Crippen LogP contribution in [0.15, 0.2) is 18.2 Å². The van der Waals surface area contributed by atoms with Crippen LogP contribution in [0, 0.1) is 17.8 Å². The highest BCUT2D eigenvalue weighted by Gasteiger charge is 2.11. The predicted octanol–water partition coefficient (Wildman–Crippen LogP) is 1.68. The molecular weight excluding hydrogens is 228 g/mol. The van der Waals surface area contributed by atoms with E-state index in [9.17, 15) is 4.79 Å². The summed E-state index contributed by atoms with van der Waals surface area (Å²) < 4.78 is 5.16. The van der Waals surface area contributed by atoms with Crippen molar-refractivity contribution in [2.24, 2.45) is 5.73 Å². The lowest BCUT2D eigenvalue weighted by atomic mass is 10.1. The van der Waals surface area contributed by atoms with Crippen molar-refractivity contribution in [3.8, 4) is 6.07 Å². The second-order valence-corrected chi connectivity index (χ2v) is 3.39. The Morgan fingerprint density at radius 1 is 1.62 bits per heavy atom. The van der Waals surface area contributed by atoms with Gasteiger partial charge < -0.3 is 10.5 Å². The minimum atomic E-state index is -0.589. The first kappa shape index (κ1) is 12.5. The maximum atomic E-state index is 11.2. The number of amides is 1. The van der Waals surface area contributed by atoms with Crippen molar-refractivity contribution >= 4 is 17.5 Å². The third-order valence-corrected chi connectivity index (χ3v) is 2.21. The minimum Gasteiger partial charge on any atom is -0.375 e. The van der Waals surface area contributed by atoms with E-state index in [2.05, 4.69) is 0 Å². The zero-order valence-electron chi connectivity index (χ0n) is 8.44. The minimum absolute atomic E-state index is 0.191. The number of nitriles is 1. The number of hydrogen-bond acceptors (Lipinski definition) is 3. The number of benzene rings is 1. The molecule has 5 heteroatoms. The van der Waals surface area contributed by atoms with E-state index in [1.807, 2.05) is 6.07 Å². The average Bonchev–Trinajstić information content (AvgIpc) is 2.24. The van der Waals surface area contributed by atoms with Crippen LogP contribution in [0.1, 0.15) is 15.9 Å². The molecule has 0 unspecified atom stereocenters. The lowest BCUT2D eigenvalue weighted by molar-refractivity contribution is 0.0991. The molecule has 0 aromatic heterocycles. The van der Waals surface area contributed by atoms with Gasteiger partial charge in [0.15, 0.2) is 0 Å². The Kier molecular flexibility index (Phi) is 4.77. The van der Waals surface area contributed by atoms with Gasteiger partial charge in [0.25, 0.3) is 5.91 Å². The summed E-state index contributed by atoms with van der Waals surface area (Å²) in [6, 6.07) is 6.84. The molecule has 1 aromatic rings. The van der Waals surface area contributed by atoms with E-state index in [1.54, 1.807) is 18.2 Å². The highest BCUT2D eigenvalue weighted by atomic mass is 35.5. The van der Waals surface area contributed by atoms with E-state index < -0.39 is 5.91 Å². The number of hydrogen-bond donors (Lipinski definition) is 1. The summed E-state index contributed by atoms with van der Waals surface area (Å²) in [4.78, 5) is 11.2. The Bertz CT molecular complexity index is 426. The molecule has 0 saturated heterocycles. The maximum Gasteiger partial charge on any atom is 0.250 e. The van der Waals surface area contributed by atoms with Gasteiger partial charge in [-0.3, -0.25) is 4.79 Å². The zero-order chi connectivity index (χ0) is 12.0. The van der Waals surface area contributed by atoms with Crippen LogP contribution in [0.4, 0.5) is 0 Å². The van der Waals surface area contributed by atoms with Crippen LogP contribution >= 0.6 is 11.6 Å². The van der Waals surface area contributed by atoms with Gasteiger partial charge in [0.2, 0.25) is 0 Å². The SMILES string of the molecule is N#C[CH]COCc1cccc(Cl)c1C(N)=O. The number of carbonyl (C=O) groups is 1. The maximum absolute atomic E-state index is 11.2. The lowest BCUT2D eigenvalue weighted by Crippen LogP contribution is -2.15. The molecule has 0 bridgehead atoms. The number of primary amides is 1. The number of halogens is 1. The molecule has 1 rings (SSSR count). The quantitative estimate of drug-likeness (QED) is 0.792. The van der Waals surface area contributed by atoms with Crippen LogP contribution in [0.2, 0.25) is 5.02 Å². The van der Waals surface area contributed by atoms with Gasteiger partial charge in [-0.2, -0.15) is 5.26 Å². The van der Waals surface area contributed by atoms with Crippen LogP contribution < -0.4 is 5.73 Å². The Morgan fingerprint density at radius 3 is 3.00 bits per heavy atom. The van der Waals surface area contributed by atoms with E-state index in [0.29, 0.717) is 10.6 Å². The van der Waals surface area contributed by atoms with Crippen molar-refractivity contribution in [2.75, 3.05) is 6.61 Å². The van der Waals surface area contributed by atoms with E-state index in [-0.39, 0.29) is 18.8 Å². The Balaban J connectivity index is 2.76. The van der Waals surface area contributed by atoms with Crippen LogP contribution in [0.3, 0.4) is 0 Å². The van der Waals surface area contributed by atoms with Crippen LogP contribution in [0.25, 0.3) is 0 Å². The first-order chi connectivity index (χ1) is 7.66. The number of rotatable bonds is 5. The summed E-state index contributed by atoms with van der Waals surface area (Å²) >= 11 is 5.85. The second-order valence-electron chi connectivity index (χ2n) is 2.99. The van der Waals surface area contributed by atoms with Gasteiger partial charge >= 0.3 is 0 Å².